The van der Waals surface area contributed by atoms with Gasteiger partial charge in [0, 0.05) is 0 Å². The van der Waals surface area contributed by atoms with Crippen molar-refractivity contribution in [2.24, 2.45) is 0 Å². The summed E-state index contributed by atoms with van der Waals surface area (Å²) in [5.74, 6) is 0. The molecule has 0 aliphatic rings. The van der Waals surface area contributed by atoms with Gasteiger partial charge in [0.1, 0.15) is 0 Å². The van der Waals surface area contributed by atoms with Crippen molar-refractivity contribution in [1.29, 1.82) is 0 Å². The molecule has 0 rings (SSSR count). The van der Waals surface area contributed by atoms with Crippen molar-refractivity contribution in [2.75, 3.05) is 0 Å². The second-order valence-electron chi connectivity index (χ2n) is 2.56. The van der Waals surface area contributed by atoms with Crippen LogP contribution in [-0.2, 0) is 0 Å². The zero-order chi connectivity index (χ0) is 7.82. The van der Waals surface area contributed by atoms with E-state index in [0.29, 0.717) is 0 Å². The van der Waals surface area contributed by atoms with Crippen LogP contribution in [0.1, 0.15) is 39.5 Å². The van der Waals surface area contributed by atoms with Gasteiger partial charge in [-0.25, -0.2) is 0 Å². The minimum atomic E-state index is 1.18. The number of allylic oxidation sites excluding steroid dienone is 3. The predicted molar refractivity (Wildman–Crippen MR) is 46.8 cm³/mol. The van der Waals surface area contributed by atoms with Crippen molar-refractivity contribution in [1.82, 2.24) is 0 Å². The van der Waals surface area contributed by atoms with Gasteiger partial charge in [0.05, 0.1) is 0 Å². The van der Waals surface area contributed by atoms with E-state index < -0.39 is 0 Å². The van der Waals surface area contributed by atoms with E-state index in [2.05, 4.69) is 25.7 Å². The minimum Gasteiger partial charge on any atom is -0.0909 e. The van der Waals surface area contributed by atoms with Crippen molar-refractivity contribution in [2.45, 2.75) is 39.5 Å². The van der Waals surface area contributed by atoms with Crippen LogP contribution in [0.25, 0.3) is 0 Å². The van der Waals surface area contributed by atoms with E-state index in [1.54, 1.807) is 0 Å². The number of hydrogen-bond acceptors (Lipinski definition) is 0. The van der Waals surface area contributed by atoms with E-state index in [1.165, 1.54) is 31.3 Å². The SMILES string of the molecule is C=[C]/C(C)=C\CCCCC. The summed E-state index contributed by atoms with van der Waals surface area (Å²) in [6.07, 6.45) is 10.2. The Morgan fingerprint density at radius 3 is 2.70 bits per heavy atom. The summed E-state index contributed by atoms with van der Waals surface area (Å²) >= 11 is 0. The van der Waals surface area contributed by atoms with Crippen molar-refractivity contribution in [3.63, 3.8) is 0 Å². The third-order valence-electron chi connectivity index (χ3n) is 1.54. The molecule has 0 aromatic heterocycles. The van der Waals surface area contributed by atoms with Gasteiger partial charge in [-0.05, 0) is 31.4 Å². The van der Waals surface area contributed by atoms with Gasteiger partial charge < -0.3 is 0 Å². The quantitative estimate of drug-likeness (QED) is 0.402. The molecule has 0 atom stereocenters. The fraction of sp³-hybridized carbons (Fsp3) is 0.600. The van der Waals surface area contributed by atoms with E-state index in [-0.39, 0.29) is 0 Å². The summed E-state index contributed by atoms with van der Waals surface area (Å²) in [5, 5.41) is 0. The number of unbranched alkanes of at least 4 members (excludes halogenated alkanes) is 3. The summed E-state index contributed by atoms with van der Waals surface area (Å²) in [4.78, 5) is 0. The molecule has 0 aliphatic carbocycles. The van der Waals surface area contributed by atoms with Gasteiger partial charge in [-0.1, -0.05) is 32.4 Å². The Morgan fingerprint density at radius 1 is 1.50 bits per heavy atom. The van der Waals surface area contributed by atoms with E-state index in [9.17, 15) is 0 Å². The zero-order valence-electron chi connectivity index (χ0n) is 7.11. The Labute approximate surface area is 64.6 Å². The van der Waals surface area contributed by atoms with Crippen LogP contribution in [0.15, 0.2) is 18.2 Å². The Bertz CT molecular complexity index is 109. The van der Waals surface area contributed by atoms with Gasteiger partial charge in [-0.15, -0.1) is 0 Å². The molecule has 0 aliphatic heterocycles. The van der Waals surface area contributed by atoms with Crippen LogP contribution < -0.4 is 0 Å². The molecule has 10 heavy (non-hydrogen) atoms. The lowest BCUT2D eigenvalue weighted by molar-refractivity contribution is 0.728. The van der Waals surface area contributed by atoms with E-state index in [4.69, 9.17) is 0 Å². The molecule has 57 valence electrons. The van der Waals surface area contributed by atoms with Crippen LogP contribution in [0, 0.1) is 6.08 Å². The molecule has 0 N–H and O–H groups in total. The molecular weight excluding hydrogens is 120 g/mol. The van der Waals surface area contributed by atoms with E-state index in [1.807, 2.05) is 6.92 Å². The van der Waals surface area contributed by atoms with Gasteiger partial charge >= 0.3 is 0 Å². The number of hydrogen-bond donors (Lipinski definition) is 0. The Balaban J connectivity index is 3.24. The molecule has 0 heterocycles. The van der Waals surface area contributed by atoms with Crippen molar-refractivity contribution in [3.05, 3.63) is 24.3 Å². The Kier molecular flexibility index (Phi) is 6.25. The number of rotatable bonds is 5. The lowest BCUT2D eigenvalue weighted by Gasteiger charge is -1.92. The molecular formula is C10H17. The predicted octanol–water partition coefficient (Wildman–Crippen LogP) is 3.50. The van der Waals surface area contributed by atoms with Gasteiger partial charge in [-0.3, -0.25) is 0 Å². The van der Waals surface area contributed by atoms with Crippen LogP contribution in [0.3, 0.4) is 0 Å². The summed E-state index contributed by atoms with van der Waals surface area (Å²) in [6.45, 7) is 7.83. The maximum Gasteiger partial charge on any atom is -0.0233 e. The third kappa shape index (κ3) is 5.61. The molecule has 0 fully saturated rings. The van der Waals surface area contributed by atoms with Gasteiger partial charge in [-0.2, -0.15) is 0 Å². The molecule has 0 amide bonds. The van der Waals surface area contributed by atoms with Crippen LogP contribution in [0.2, 0.25) is 0 Å². The summed E-state index contributed by atoms with van der Waals surface area (Å²) in [5.41, 5.74) is 1.18. The molecule has 0 unspecified atom stereocenters. The summed E-state index contributed by atoms with van der Waals surface area (Å²) in [7, 11) is 0. The van der Waals surface area contributed by atoms with Crippen LogP contribution >= 0.6 is 0 Å². The normalized spacial score (nSPS) is 11.6. The van der Waals surface area contributed by atoms with Gasteiger partial charge in [0.25, 0.3) is 0 Å². The Hall–Kier alpha value is -0.520. The lowest BCUT2D eigenvalue weighted by Crippen LogP contribution is -1.73. The van der Waals surface area contributed by atoms with Crippen LogP contribution in [-0.4, -0.2) is 0 Å². The fourth-order valence-corrected chi connectivity index (χ4v) is 0.785. The van der Waals surface area contributed by atoms with Crippen molar-refractivity contribution >= 4 is 0 Å². The Morgan fingerprint density at radius 2 is 2.20 bits per heavy atom. The van der Waals surface area contributed by atoms with Crippen molar-refractivity contribution in [3.8, 4) is 0 Å². The summed E-state index contributed by atoms with van der Waals surface area (Å²) in [6, 6.07) is 0. The third-order valence-corrected chi connectivity index (χ3v) is 1.54. The molecule has 0 aromatic rings. The minimum absolute atomic E-state index is 1.18. The second kappa shape index (κ2) is 6.60. The highest BCUT2D eigenvalue weighted by Gasteiger charge is 1.83. The van der Waals surface area contributed by atoms with Crippen molar-refractivity contribution < 1.29 is 0 Å². The highest BCUT2D eigenvalue weighted by atomic mass is 13.9. The van der Waals surface area contributed by atoms with E-state index in [0.717, 1.165) is 0 Å². The molecule has 1 radical (unpaired) electrons. The highest BCUT2D eigenvalue weighted by molar-refractivity contribution is 5.06. The molecule has 0 spiro atoms. The van der Waals surface area contributed by atoms with E-state index >= 15 is 0 Å². The monoisotopic (exact) mass is 137 g/mol. The largest absolute Gasteiger partial charge is 0.0909 e. The van der Waals surface area contributed by atoms with Crippen LogP contribution in [0.5, 0.6) is 0 Å². The standard InChI is InChI=1S/C10H17/c1-4-6-7-8-9-10(3)5-2/h9H,2,4,6-8H2,1,3H3/b10-9-. The molecule has 0 bridgehead atoms. The van der Waals surface area contributed by atoms with Gasteiger partial charge in [0.2, 0.25) is 0 Å². The second-order valence-corrected chi connectivity index (χ2v) is 2.56. The van der Waals surface area contributed by atoms with Gasteiger partial charge in [0.15, 0.2) is 0 Å². The maximum absolute atomic E-state index is 3.57. The lowest BCUT2D eigenvalue weighted by atomic mass is 10.1. The average Bonchev–Trinajstić information content (AvgIpc) is 1.98. The zero-order valence-corrected chi connectivity index (χ0v) is 7.11. The topological polar surface area (TPSA) is 0 Å². The molecule has 0 aromatic carbocycles. The first-order valence-electron chi connectivity index (χ1n) is 4.01. The molecule has 0 saturated carbocycles. The summed E-state index contributed by atoms with van der Waals surface area (Å²) < 4.78 is 0. The van der Waals surface area contributed by atoms with Crippen LogP contribution in [0.4, 0.5) is 0 Å². The fourth-order valence-electron chi connectivity index (χ4n) is 0.785. The molecule has 0 saturated heterocycles. The first kappa shape index (κ1) is 9.48. The average molecular weight is 137 g/mol. The first-order valence-corrected chi connectivity index (χ1v) is 4.01. The molecule has 0 nitrogen and oxygen atoms in total. The highest BCUT2D eigenvalue weighted by Crippen LogP contribution is 2.02. The smallest absolute Gasteiger partial charge is 0.0233 e. The molecule has 0 heteroatoms. The first-order chi connectivity index (χ1) is 4.81. The maximum atomic E-state index is 3.57.